The highest BCUT2D eigenvalue weighted by molar-refractivity contribution is 7.89. The van der Waals surface area contributed by atoms with Crippen LogP contribution < -0.4 is 10.0 Å². The van der Waals surface area contributed by atoms with Gasteiger partial charge in [-0.15, -0.1) is 11.3 Å². The number of aromatic carboxylic acids is 1. The summed E-state index contributed by atoms with van der Waals surface area (Å²) in [5, 5.41) is 12.8. The number of carbonyl (C=O) groups is 2. The summed E-state index contributed by atoms with van der Waals surface area (Å²) in [6.07, 6.45) is 0. The van der Waals surface area contributed by atoms with E-state index in [4.69, 9.17) is 5.11 Å². The van der Waals surface area contributed by atoms with Crippen LogP contribution in [0.3, 0.4) is 0 Å². The van der Waals surface area contributed by atoms with Crippen LogP contribution in [0.25, 0.3) is 0 Å². The van der Waals surface area contributed by atoms with Gasteiger partial charge in [0.25, 0.3) is 0 Å². The Labute approximate surface area is 121 Å². The van der Waals surface area contributed by atoms with Crippen molar-refractivity contribution in [1.82, 2.24) is 10.0 Å². The number of hydrogen-bond acceptors (Lipinski definition) is 5. The Bertz CT molecular complexity index is 592. The molecule has 0 spiro atoms. The zero-order chi connectivity index (χ0) is 15.3. The molecule has 7 nitrogen and oxygen atoms in total. The van der Waals surface area contributed by atoms with Gasteiger partial charge in [-0.1, -0.05) is 13.8 Å². The molecule has 0 radical (unpaired) electrons. The summed E-state index contributed by atoms with van der Waals surface area (Å²) in [7, 11) is -4.01. The van der Waals surface area contributed by atoms with Crippen LogP contribution >= 0.6 is 11.3 Å². The van der Waals surface area contributed by atoms with Crippen molar-refractivity contribution in [3.63, 3.8) is 0 Å². The normalized spacial score (nSPS) is 11.6. The number of nitrogens with one attached hydrogen (secondary N) is 2. The number of amides is 1. The second-order valence-corrected chi connectivity index (χ2v) is 7.09. The van der Waals surface area contributed by atoms with E-state index in [1.165, 1.54) is 11.4 Å². The van der Waals surface area contributed by atoms with Gasteiger partial charge in [0.05, 0.1) is 6.54 Å². The Hall–Kier alpha value is -1.45. The van der Waals surface area contributed by atoms with E-state index in [-0.39, 0.29) is 15.7 Å². The van der Waals surface area contributed by atoms with Gasteiger partial charge in [-0.3, -0.25) is 4.79 Å². The largest absolute Gasteiger partial charge is 0.477 e. The van der Waals surface area contributed by atoms with Gasteiger partial charge in [-0.2, -0.15) is 0 Å². The van der Waals surface area contributed by atoms with Crippen LogP contribution in [0.1, 0.15) is 23.5 Å². The van der Waals surface area contributed by atoms with Gasteiger partial charge in [0.1, 0.15) is 9.77 Å². The first-order valence-corrected chi connectivity index (χ1v) is 8.17. The maximum Gasteiger partial charge on any atom is 0.347 e. The van der Waals surface area contributed by atoms with Crippen LogP contribution in [-0.2, 0) is 14.8 Å². The van der Waals surface area contributed by atoms with Crippen LogP contribution in [0.5, 0.6) is 0 Å². The maximum absolute atomic E-state index is 11.9. The zero-order valence-electron chi connectivity index (χ0n) is 11.0. The van der Waals surface area contributed by atoms with Gasteiger partial charge in [0, 0.05) is 6.54 Å². The molecule has 20 heavy (non-hydrogen) atoms. The molecule has 1 rings (SSSR count). The molecule has 1 heterocycles. The molecule has 112 valence electrons. The lowest BCUT2D eigenvalue weighted by molar-refractivity contribution is -0.120. The number of sulfonamides is 1. The summed E-state index contributed by atoms with van der Waals surface area (Å²) in [5.74, 6) is -1.52. The van der Waals surface area contributed by atoms with Crippen molar-refractivity contribution in [2.24, 2.45) is 5.92 Å². The van der Waals surface area contributed by atoms with E-state index >= 15 is 0 Å². The SMILES string of the molecule is CC(C)CNC(=O)CNS(=O)(=O)c1ccsc1C(=O)O. The second kappa shape index (κ2) is 6.82. The number of hydrogen-bond donors (Lipinski definition) is 3. The molecule has 0 aromatic carbocycles. The number of rotatable bonds is 7. The van der Waals surface area contributed by atoms with E-state index in [2.05, 4.69) is 10.0 Å². The highest BCUT2D eigenvalue weighted by atomic mass is 32.2. The van der Waals surface area contributed by atoms with E-state index in [9.17, 15) is 18.0 Å². The summed E-state index contributed by atoms with van der Waals surface area (Å²) in [5.41, 5.74) is 0. The van der Waals surface area contributed by atoms with Crippen molar-refractivity contribution in [1.29, 1.82) is 0 Å². The molecule has 0 unspecified atom stereocenters. The summed E-state index contributed by atoms with van der Waals surface area (Å²) in [6, 6.07) is 1.20. The fraction of sp³-hybridized carbons (Fsp3) is 0.455. The van der Waals surface area contributed by atoms with E-state index in [0.29, 0.717) is 6.54 Å². The predicted molar refractivity (Wildman–Crippen MR) is 74.3 cm³/mol. The molecule has 1 aromatic rings. The lowest BCUT2D eigenvalue weighted by Gasteiger charge is -2.09. The number of thiophene rings is 1. The van der Waals surface area contributed by atoms with Crippen molar-refractivity contribution < 1.29 is 23.1 Å². The van der Waals surface area contributed by atoms with Crippen LogP contribution in [0, 0.1) is 5.92 Å². The van der Waals surface area contributed by atoms with Gasteiger partial charge in [-0.05, 0) is 17.4 Å². The Balaban J connectivity index is 2.69. The van der Waals surface area contributed by atoms with E-state index in [0.717, 1.165) is 11.3 Å². The average molecular weight is 320 g/mol. The van der Waals surface area contributed by atoms with Crippen LogP contribution in [0.15, 0.2) is 16.3 Å². The quantitative estimate of drug-likeness (QED) is 0.677. The molecule has 3 N–H and O–H groups in total. The predicted octanol–water partition coefficient (Wildman–Crippen LogP) is 0.497. The number of carbonyl (C=O) groups excluding carboxylic acids is 1. The first-order chi connectivity index (χ1) is 9.24. The first-order valence-electron chi connectivity index (χ1n) is 5.81. The molecule has 9 heteroatoms. The molecular formula is C11H16N2O5S2. The number of carboxylic acid groups (broad SMARTS) is 1. The minimum Gasteiger partial charge on any atom is -0.477 e. The third-order valence-corrected chi connectivity index (χ3v) is 4.72. The van der Waals surface area contributed by atoms with Crippen molar-refractivity contribution >= 4 is 33.2 Å². The molecule has 0 saturated carbocycles. The molecule has 0 aliphatic rings. The van der Waals surface area contributed by atoms with E-state index in [1.54, 1.807) is 0 Å². The third kappa shape index (κ3) is 4.58. The molecule has 0 bridgehead atoms. The molecule has 0 saturated heterocycles. The molecule has 0 fully saturated rings. The molecule has 0 atom stereocenters. The summed E-state index contributed by atoms with van der Waals surface area (Å²) >= 11 is 0.814. The maximum atomic E-state index is 11.9. The second-order valence-electron chi connectivity index (χ2n) is 4.44. The van der Waals surface area contributed by atoms with Gasteiger partial charge < -0.3 is 10.4 Å². The fourth-order valence-corrected chi connectivity index (χ4v) is 3.52. The summed E-state index contributed by atoms with van der Waals surface area (Å²) in [6.45, 7) is 3.84. The first kappa shape index (κ1) is 16.6. The van der Waals surface area contributed by atoms with E-state index < -0.39 is 28.4 Å². The van der Waals surface area contributed by atoms with Gasteiger partial charge in [0.15, 0.2) is 0 Å². The smallest absolute Gasteiger partial charge is 0.347 e. The Kier molecular flexibility index (Phi) is 5.66. The van der Waals surface area contributed by atoms with Gasteiger partial charge >= 0.3 is 5.97 Å². The van der Waals surface area contributed by atoms with Crippen molar-refractivity contribution in [3.05, 3.63) is 16.3 Å². The molecule has 0 aliphatic heterocycles. The lowest BCUT2D eigenvalue weighted by atomic mass is 10.2. The van der Waals surface area contributed by atoms with E-state index in [1.807, 2.05) is 13.8 Å². The highest BCUT2D eigenvalue weighted by Gasteiger charge is 2.24. The Morgan fingerprint density at radius 3 is 2.60 bits per heavy atom. The summed E-state index contributed by atoms with van der Waals surface area (Å²) < 4.78 is 25.9. The third-order valence-electron chi connectivity index (χ3n) is 2.24. The topological polar surface area (TPSA) is 113 Å². The monoisotopic (exact) mass is 320 g/mol. The van der Waals surface area contributed by atoms with Crippen LogP contribution in [-0.4, -0.2) is 38.5 Å². The van der Waals surface area contributed by atoms with Crippen molar-refractivity contribution in [3.8, 4) is 0 Å². The fourth-order valence-electron chi connectivity index (χ4n) is 1.28. The van der Waals surface area contributed by atoms with Crippen LogP contribution in [0.4, 0.5) is 0 Å². The Morgan fingerprint density at radius 1 is 1.40 bits per heavy atom. The minimum absolute atomic E-state index is 0.256. The van der Waals surface area contributed by atoms with Gasteiger partial charge in [0.2, 0.25) is 15.9 Å². The van der Waals surface area contributed by atoms with Crippen LogP contribution in [0.2, 0.25) is 0 Å². The van der Waals surface area contributed by atoms with Gasteiger partial charge in [-0.25, -0.2) is 17.9 Å². The lowest BCUT2D eigenvalue weighted by Crippen LogP contribution is -2.38. The highest BCUT2D eigenvalue weighted by Crippen LogP contribution is 2.21. The number of carboxylic acids is 1. The molecular weight excluding hydrogens is 304 g/mol. The molecule has 1 aromatic heterocycles. The minimum atomic E-state index is -4.01. The molecule has 1 amide bonds. The Morgan fingerprint density at radius 2 is 2.05 bits per heavy atom. The van der Waals surface area contributed by atoms with Crippen molar-refractivity contribution in [2.45, 2.75) is 18.7 Å². The van der Waals surface area contributed by atoms with Crippen molar-refractivity contribution in [2.75, 3.05) is 13.1 Å². The average Bonchev–Trinajstić information content (AvgIpc) is 2.84. The molecule has 0 aliphatic carbocycles. The summed E-state index contributed by atoms with van der Waals surface area (Å²) in [4.78, 5) is 21.7. The standard InChI is InChI=1S/C11H16N2O5S2/c1-7(2)5-12-9(14)6-13-20(17,18)8-3-4-19-10(8)11(15)16/h3-4,7,13H,5-6H2,1-2H3,(H,12,14)(H,15,16). The zero-order valence-corrected chi connectivity index (χ0v) is 12.7.